The molecule has 6 saturated carbocycles. The fourth-order valence-electron chi connectivity index (χ4n) is 12.7. The first-order valence-electron chi connectivity index (χ1n) is 30.6. The maximum atomic E-state index is 8.49. The molecule has 0 spiro atoms. The van der Waals surface area contributed by atoms with Crippen molar-refractivity contribution in [2.75, 3.05) is 0 Å². The molecule has 6 fully saturated rings. The van der Waals surface area contributed by atoms with Crippen molar-refractivity contribution in [2.24, 2.45) is 71.0 Å². The van der Waals surface area contributed by atoms with Crippen LogP contribution in [0.4, 0.5) is 0 Å². The summed E-state index contributed by atoms with van der Waals surface area (Å²) >= 11 is -3.57. The summed E-state index contributed by atoms with van der Waals surface area (Å²) in [7, 11) is 13.2. The van der Waals surface area contributed by atoms with Crippen molar-refractivity contribution in [1.29, 1.82) is 0 Å². The standard InChI is InChI=1S/2C16H31OSi.2C16H27OSi.4CH3.4ClH.2O.Pt.2Zr/c4*1-12-11-15(14-10-8-7-9-13(12)14)17-18(5,6)16(2,3)4;;;;;;;;;;;;;/h2*12-15H,1,7-11H2,2-6H3;2*7-10,12-15H,1,11H2,2-6H3;4*1H3;4*1H;;;;;/q8*-1;;;;;;;;2*+2/p-4. The van der Waals surface area contributed by atoms with Gasteiger partial charge in [0.2, 0.25) is 0 Å². The average Bonchev–Trinajstić information content (AvgIpc) is 4.12. The van der Waals surface area contributed by atoms with E-state index in [0.717, 1.165) is 36.5 Å². The third kappa shape index (κ3) is 27.5. The van der Waals surface area contributed by atoms with Gasteiger partial charge >= 0.3 is 101 Å². The zero-order valence-corrected chi connectivity index (χ0v) is 72.7. The maximum absolute atomic E-state index is 8.49. The van der Waals surface area contributed by atoms with E-state index >= 15 is 0 Å². The molecule has 17 heteroatoms. The molecule has 506 valence electrons. The molecular formula is C68H128Cl4O6PtSi4Zr2-8. The van der Waals surface area contributed by atoms with E-state index in [9.17, 15) is 0 Å². The van der Waals surface area contributed by atoms with Crippen LogP contribution in [0.1, 0.15) is 160 Å². The summed E-state index contributed by atoms with van der Waals surface area (Å²) in [6.07, 6.45) is 35.6. The quantitative estimate of drug-likeness (QED) is 0.178. The summed E-state index contributed by atoms with van der Waals surface area (Å²) in [6.45, 7) is 64.3. The molecule has 8 aliphatic carbocycles. The monoisotopic (exact) mass is 1670 g/mol. The third-order valence-electron chi connectivity index (χ3n) is 21.5. The van der Waals surface area contributed by atoms with E-state index in [-0.39, 0.29) is 39.8 Å². The normalized spacial score (nSPS) is 31.7. The molecule has 85 heavy (non-hydrogen) atoms. The Morgan fingerprint density at radius 2 is 0.565 bits per heavy atom. The molecule has 0 N–H and O–H groups in total. The Morgan fingerprint density at radius 1 is 0.376 bits per heavy atom. The SMILES string of the molecule is [CH2-]C1CC(O[Si](C)(C)C(C)(C)C)C2C=CC=CC12.[CH2-]C1CC(O[Si](C)(C)C(C)(C)C)C2C=CC=CC12.[CH2-]C1CC(O[Si](C)(C)C(C)(C)C)C2CCCCC12.[CH2-]C1CC(O[Si](C)(C)C(C)(C)C)C2CCCCC12.[CH3-].[CH3-].[CH3-].[CH3-].[Cl][Zr][Cl].[Cl][Zr][Cl].[O]=[Pt]=[O]. The Labute approximate surface area is 579 Å². The summed E-state index contributed by atoms with van der Waals surface area (Å²) in [5, 5.41) is 1.23. The molecule has 0 radical (unpaired) electrons. The van der Waals surface area contributed by atoms with Gasteiger partial charge in [0.25, 0.3) is 0 Å². The van der Waals surface area contributed by atoms with Crippen LogP contribution in [0.15, 0.2) is 48.6 Å². The molecule has 16 atom stereocenters. The Hall–Kier alpha value is 2.88. The van der Waals surface area contributed by atoms with Crippen molar-refractivity contribution >= 4 is 67.3 Å². The first kappa shape index (κ1) is 92.1. The molecule has 0 aromatic heterocycles. The molecule has 16 unspecified atom stereocenters. The number of hydrogen-bond acceptors (Lipinski definition) is 6. The minimum absolute atomic E-state index is 0. The van der Waals surface area contributed by atoms with Crippen LogP contribution in [0, 0.1) is 128 Å². The van der Waals surface area contributed by atoms with Crippen LogP contribution >= 0.6 is 34.1 Å². The molecule has 8 rings (SSSR count). The summed E-state index contributed by atoms with van der Waals surface area (Å²) in [5.74, 6) is 7.91. The van der Waals surface area contributed by atoms with Crippen molar-refractivity contribution in [2.45, 2.75) is 257 Å². The van der Waals surface area contributed by atoms with Crippen molar-refractivity contribution in [1.82, 2.24) is 0 Å². The van der Waals surface area contributed by atoms with Gasteiger partial charge in [-0.2, -0.15) is 23.7 Å². The van der Waals surface area contributed by atoms with Gasteiger partial charge in [0, 0.05) is 36.3 Å². The number of allylic oxidation sites excluding steroid dienone is 6. The number of fused-ring (bicyclic) bond motifs is 4. The molecule has 0 saturated heterocycles. The van der Waals surface area contributed by atoms with Crippen LogP contribution < -0.4 is 0 Å². The average molecular weight is 1670 g/mol. The van der Waals surface area contributed by atoms with Crippen LogP contribution in [0.25, 0.3) is 0 Å². The summed E-state index contributed by atoms with van der Waals surface area (Å²) in [6, 6.07) is 0. The van der Waals surface area contributed by atoms with E-state index < -0.39 is 93.5 Å². The van der Waals surface area contributed by atoms with E-state index in [1.54, 1.807) is 0 Å². The molecule has 0 amide bonds. The zero-order valence-electron chi connectivity index (χ0n) is 58.4. The topological polar surface area (TPSA) is 71.1 Å². The predicted octanol–water partition coefficient (Wildman–Crippen LogP) is 23.6. The molecular weight excluding hydrogens is 1540 g/mol. The molecule has 0 heterocycles. The van der Waals surface area contributed by atoms with E-state index in [2.05, 4.69) is 212 Å². The number of hydrogen-bond donors (Lipinski definition) is 0. The molecule has 6 nitrogen and oxygen atoms in total. The molecule has 0 aromatic carbocycles. The second-order valence-electron chi connectivity index (χ2n) is 30.9. The Morgan fingerprint density at radius 3 is 0.788 bits per heavy atom. The van der Waals surface area contributed by atoms with Crippen LogP contribution in [0.2, 0.25) is 72.5 Å². The van der Waals surface area contributed by atoms with Gasteiger partial charge in [-0.3, -0.25) is 0 Å². The first-order chi connectivity index (χ1) is 37.1. The molecule has 0 aromatic rings. The number of halogens is 4. The van der Waals surface area contributed by atoms with Crippen molar-refractivity contribution in [3.8, 4) is 0 Å². The van der Waals surface area contributed by atoms with Gasteiger partial charge in [0.05, 0.1) is 0 Å². The van der Waals surface area contributed by atoms with Crippen LogP contribution in [0.3, 0.4) is 0 Å². The van der Waals surface area contributed by atoms with Gasteiger partial charge in [0.1, 0.15) is 0 Å². The second kappa shape index (κ2) is 40.4. The first-order valence-corrected chi connectivity index (χ1v) is 56.8. The summed E-state index contributed by atoms with van der Waals surface area (Å²) in [4.78, 5) is 0. The minimum atomic E-state index is -1.92. The fraction of sp³-hybridized carbons (Fsp3) is 0.765. The van der Waals surface area contributed by atoms with E-state index in [0.29, 0.717) is 81.8 Å². The molecule has 8 aliphatic rings. The van der Waals surface area contributed by atoms with Gasteiger partial charge < -0.3 is 75.1 Å². The molecule has 0 bridgehead atoms. The van der Waals surface area contributed by atoms with Gasteiger partial charge in [-0.25, -0.2) is 0 Å². The van der Waals surface area contributed by atoms with E-state index in [4.69, 9.17) is 58.6 Å². The summed E-state index contributed by atoms with van der Waals surface area (Å²) < 4.78 is 43.6. The Kier molecular flexibility index (Phi) is 43.8. The van der Waals surface area contributed by atoms with Crippen molar-refractivity contribution in [3.05, 3.63) is 106 Å². The van der Waals surface area contributed by atoms with Gasteiger partial charge in [-0.1, -0.05) is 208 Å². The van der Waals surface area contributed by atoms with E-state index in [1.165, 1.54) is 64.2 Å². The predicted molar refractivity (Wildman–Crippen MR) is 374 cm³/mol. The number of rotatable bonds is 8. The zero-order chi connectivity index (χ0) is 62.3. The van der Waals surface area contributed by atoms with Crippen molar-refractivity contribution in [3.63, 3.8) is 0 Å². The van der Waals surface area contributed by atoms with Crippen molar-refractivity contribution < 1.29 is 84.7 Å². The van der Waals surface area contributed by atoms with Crippen LogP contribution in [-0.4, -0.2) is 57.7 Å². The van der Waals surface area contributed by atoms with Gasteiger partial charge in [-0.15, -0.1) is 0 Å². The third-order valence-corrected chi connectivity index (χ3v) is 39.5. The van der Waals surface area contributed by atoms with Gasteiger partial charge in [0.15, 0.2) is 33.3 Å². The van der Waals surface area contributed by atoms with Crippen LogP contribution in [-0.2, 0) is 84.7 Å². The molecule has 0 aliphatic heterocycles. The Bertz CT molecular complexity index is 1880. The second-order valence-corrected chi connectivity index (χ2v) is 57.8. The fourth-order valence-corrected chi connectivity index (χ4v) is 18.2. The van der Waals surface area contributed by atoms with Crippen LogP contribution in [0.5, 0.6) is 0 Å². The van der Waals surface area contributed by atoms with Gasteiger partial charge in [-0.05, 0) is 109 Å². The summed E-state index contributed by atoms with van der Waals surface area (Å²) in [5.41, 5.74) is 0. The Balaban J connectivity index is -0.000000990. The van der Waals surface area contributed by atoms with E-state index in [1.807, 2.05) is 0 Å².